The van der Waals surface area contributed by atoms with E-state index in [4.69, 9.17) is 22.7 Å². The van der Waals surface area contributed by atoms with E-state index in [2.05, 4.69) is 19.2 Å². The van der Waals surface area contributed by atoms with E-state index in [0.717, 1.165) is 12.1 Å². The highest BCUT2D eigenvalue weighted by Crippen LogP contribution is 2.51. The van der Waals surface area contributed by atoms with Crippen molar-refractivity contribution in [3.8, 4) is 5.75 Å². The quantitative estimate of drug-likeness (QED) is 0.811. The van der Waals surface area contributed by atoms with Gasteiger partial charge in [-0.1, -0.05) is 26.1 Å². The van der Waals surface area contributed by atoms with Crippen molar-refractivity contribution in [2.45, 2.75) is 20.3 Å². The van der Waals surface area contributed by atoms with Crippen LogP contribution in [0, 0.1) is 11.3 Å². The monoisotopic (exact) mass is 278 g/mol. The van der Waals surface area contributed by atoms with Crippen LogP contribution in [0.4, 0.5) is 5.69 Å². The molecular formula is C14H18N2O2S. The fourth-order valence-electron chi connectivity index (χ4n) is 1.93. The Hall–Kier alpha value is -1.62. The number of hydrogen-bond donors (Lipinski definition) is 2. The van der Waals surface area contributed by atoms with Crippen molar-refractivity contribution in [1.82, 2.24) is 0 Å². The Labute approximate surface area is 118 Å². The molecule has 1 aliphatic carbocycles. The Morgan fingerprint density at radius 3 is 2.53 bits per heavy atom. The normalized spacial score (nSPS) is 19.6. The lowest BCUT2D eigenvalue weighted by Crippen LogP contribution is -2.18. The van der Waals surface area contributed by atoms with Crippen molar-refractivity contribution in [2.24, 2.45) is 17.1 Å². The highest BCUT2D eigenvalue weighted by molar-refractivity contribution is 7.80. The minimum atomic E-state index is 0.0850. The molecule has 1 saturated carbocycles. The predicted molar refractivity (Wildman–Crippen MR) is 79.2 cm³/mol. The SMILES string of the molecule is CC1(C)CC1C(=O)Nc1ccc(OCC(N)=S)cc1. The number of carbonyl (C=O) groups excluding carboxylic acids is 1. The van der Waals surface area contributed by atoms with E-state index < -0.39 is 0 Å². The summed E-state index contributed by atoms with van der Waals surface area (Å²) in [6.45, 7) is 4.42. The molecule has 1 unspecified atom stereocenters. The second kappa shape index (κ2) is 5.17. The fourth-order valence-corrected chi connectivity index (χ4v) is 1.99. The Balaban J connectivity index is 1.88. The number of amides is 1. The van der Waals surface area contributed by atoms with Gasteiger partial charge in [0.25, 0.3) is 0 Å². The molecule has 1 aromatic carbocycles. The van der Waals surface area contributed by atoms with Crippen LogP contribution in [-0.4, -0.2) is 17.5 Å². The van der Waals surface area contributed by atoms with Gasteiger partial charge in [0, 0.05) is 11.6 Å². The molecule has 0 spiro atoms. The van der Waals surface area contributed by atoms with E-state index in [9.17, 15) is 4.79 Å². The molecule has 0 heterocycles. The summed E-state index contributed by atoms with van der Waals surface area (Å²) in [5.41, 5.74) is 6.27. The molecule has 4 nitrogen and oxygen atoms in total. The van der Waals surface area contributed by atoms with Gasteiger partial charge in [-0.2, -0.15) is 0 Å². The third-order valence-corrected chi connectivity index (χ3v) is 3.45. The van der Waals surface area contributed by atoms with Gasteiger partial charge in [-0.15, -0.1) is 0 Å². The molecule has 0 aliphatic heterocycles. The average molecular weight is 278 g/mol. The van der Waals surface area contributed by atoms with Crippen LogP contribution < -0.4 is 15.8 Å². The van der Waals surface area contributed by atoms with Crippen LogP contribution in [0.5, 0.6) is 5.75 Å². The van der Waals surface area contributed by atoms with E-state index in [1.807, 2.05) is 12.1 Å². The average Bonchev–Trinajstić information content (AvgIpc) is 2.98. The maximum absolute atomic E-state index is 11.9. The summed E-state index contributed by atoms with van der Waals surface area (Å²) < 4.78 is 5.34. The lowest BCUT2D eigenvalue weighted by molar-refractivity contribution is -0.118. The number of hydrogen-bond acceptors (Lipinski definition) is 3. The second-order valence-corrected chi connectivity index (χ2v) is 6.04. The van der Waals surface area contributed by atoms with Crippen LogP contribution in [0.2, 0.25) is 0 Å². The smallest absolute Gasteiger partial charge is 0.228 e. The first-order chi connectivity index (χ1) is 8.88. The number of nitrogens with one attached hydrogen (secondary N) is 1. The van der Waals surface area contributed by atoms with Crippen LogP contribution in [0.15, 0.2) is 24.3 Å². The molecule has 1 fully saturated rings. The first-order valence-corrected chi connectivity index (χ1v) is 6.61. The summed E-state index contributed by atoms with van der Waals surface area (Å²) in [5, 5.41) is 2.91. The van der Waals surface area contributed by atoms with Crippen molar-refractivity contribution < 1.29 is 9.53 Å². The van der Waals surface area contributed by atoms with Crippen LogP contribution in [0.3, 0.4) is 0 Å². The maximum atomic E-state index is 11.9. The van der Waals surface area contributed by atoms with Gasteiger partial charge in [-0.25, -0.2) is 0 Å². The molecule has 2 rings (SSSR count). The van der Waals surface area contributed by atoms with Gasteiger partial charge in [-0.05, 0) is 36.1 Å². The molecule has 3 N–H and O–H groups in total. The van der Waals surface area contributed by atoms with Gasteiger partial charge < -0.3 is 15.8 Å². The molecule has 1 amide bonds. The fraction of sp³-hybridized carbons (Fsp3) is 0.429. The Kier molecular flexibility index (Phi) is 3.75. The summed E-state index contributed by atoms with van der Waals surface area (Å²) in [7, 11) is 0. The first kappa shape index (κ1) is 13.8. The van der Waals surface area contributed by atoms with E-state index in [1.165, 1.54) is 0 Å². The van der Waals surface area contributed by atoms with Crippen LogP contribution >= 0.6 is 12.2 Å². The third-order valence-electron chi connectivity index (χ3n) is 3.33. The first-order valence-electron chi connectivity index (χ1n) is 6.20. The topological polar surface area (TPSA) is 64.3 Å². The minimum absolute atomic E-state index is 0.0850. The van der Waals surface area contributed by atoms with E-state index in [-0.39, 0.29) is 23.8 Å². The van der Waals surface area contributed by atoms with Crippen molar-refractivity contribution >= 4 is 28.8 Å². The molecule has 0 bridgehead atoms. The molecule has 0 saturated heterocycles. The molecule has 0 radical (unpaired) electrons. The summed E-state index contributed by atoms with van der Waals surface area (Å²) >= 11 is 4.73. The highest BCUT2D eigenvalue weighted by atomic mass is 32.1. The summed E-state index contributed by atoms with van der Waals surface area (Å²) in [6, 6.07) is 7.18. The Morgan fingerprint density at radius 1 is 1.47 bits per heavy atom. The number of rotatable bonds is 5. The lowest BCUT2D eigenvalue weighted by atomic mass is 10.1. The Morgan fingerprint density at radius 2 is 2.05 bits per heavy atom. The van der Waals surface area contributed by atoms with Gasteiger partial charge in [0.15, 0.2) is 0 Å². The predicted octanol–water partition coefficient (Wildman–Crippen LogP) is 2.34. The van der Waals surface area contributed by atoms with Gasteiger partial charge in [-0.3, -0.25) is 4.79 Å². The largest absolute Gasteiger partial charge is 0.487 e. The number of nitrogens with two attached hydrogens (primary N) is 1. The summed E-state index contributed by atoms with van der Waals surface area (Å²) in [6.07, 6.45) is 0.952. The summed E-state index contributed by atoms with van der Waals surface area (Å²) in [5.74, 6) is 0.886. The minimum Gasteiger partial charge on any atom is -0.487 e. The molecule has 19 heavy (non-hydrogen) atoms. The maximum Gasteiger partial charge on any atom is 0.228 e. The third kappa shape index (κ3) is 3.67. The van der Waals surface area contributed by atoms with Crippen molar-refractivity contribution in [1.29, 1.82) is 0 Å². The van der Waals surface area contributed by atoms with Crippen LogP contribution in [0.25, 0.3) is 0 Å². The van der Waals surface area contributed by atoms with Gasteiger partial charge in [0.2, 0.25) is 5.91 Å². The second-order valence-electron chi connectivity index (χ2n) is 5.51. The standard InChI is InChI=1S/C14H18N2O2S/c1-14(2)7-11(14)13(17)16-9-3-5-10(6-4-9)18-8-12(15)19/h3-6,11H,7-8H2,1-2H3,(H2,15,19)(H,16,17). The van der Waals surface area contributed by atoms with Crippen molar-refractivity contribution in [3.63, 3.8) is 0 Å². The van der Waals surface area contributed by atoms with E-state index in [1.54, 1.807) is 12.1 Å². The molecule has 1 atom stereocenters. The van der Waals surface area contributed by atoms with Crippen molar-refractivity contribution in [2.75, 3.05) is 11.9 Å². The molecule has 1 aromatic rings. The summed E-state index contributed by atoms with van der Waals surface area (Å²) in [4.78, 5) is 12.2. The molecular weight excluding hydrogens is 260 g/mol. The van der Waals surface area contributed by atoms with Gasteiger partial charge in [0.05, 0.1) is 0 Å². The van der Waals surface area contributed by atoms with Gasteiger partial charge in [0.1, 0.15) is 17.3 Å². The number of carbonyl (C=O) groups is 1. The van der Waals surface area contributed by atoms with E-state index >= 15 is 0 Å². The van der Waals surface area contributed by atoms with Crippen molar-refractivity contribution in [3.05, 3.63) is 24.3 Å². The zero-order valence-electron chi connectivity index (χ0n) is 11.1. The lowest BCUT2D eigenvalue weighted by Gasteiger charge is -2.08. The van der Waals surface area contributed by atoms with Crippen LogP contribution in [0.1, 0.15) is 20.3 Å². The number of thiocarbonyl (C=S) groups is 1. The van der Waals surface area contributed by atoms with E-state index in [0.29, 0.717) is 10.7 Å². The molecule has 1 aliphatic rings. The number of ether oxygens (including phenoxy) is 1. The Bertz CT molecular complexity index is 497. The zero-order valence-corrected chi connectivity index (χ0v) is 11.9. The number of benzene rings is 1. The zero-order chi connectivity index (χ0) is 14.0. The van der Waals surface area contributed by atoms with Crippen LogP contribution in [-0.2, 0) is 4.79 Å². The molecule has 0 aromatic heterocycles. The molecule has 5 heteroatoms. The van der Waals surface area contributed by atoms with Gasteiger partial charge >= 0.3 is 0 Å². The molecule has 102 valence electrons. The highest BCUT2D eigenvalue weighted by Gasteiger charge is 2.50. The number of anilines is 1.